The van der Waals surface area contributed by atoms with E-state index in [1.165, 1.54) is 0 Å². The highest BCUT2D eigenvalue weighted by Crippen LogP contribution is 1.91. The van der Waals surface area contributed by atoms with E-state index in [0.29, 0.717) is 19.3 Å². The van der Waals surface area contributed by atoms with E-state index in [4.69, 9.17) is 14.8 Å². The van der Waals surface area contributed by atoms with Gasteiger partial charge in [-0.1, -0.05) is 6.08 Å². The Morgan fingerprint density at radius 2 is 2.30 bits per heavy atom. The number of aliphatic hydroxyl groups is 1. The number of hydrogen-bond acceptors (Lipinski definition) is 3. The first-order valence-corrected chi connectivity index (χ1v) is 3.32. The minimum absolute atomic E-state index is 0.0980. The van der Waals surface area contributed by atoms with E-state index >= 15 is 0 Å². The molecule has 10 heavy (non-hydrogen) atoms. The van der Waals surface area contributed by atoms with E-state index in [9.17, 15) is 0 Å². The van der Waals surface area contributed by atoms with Crippen molar-refractivity contribution < 1.29 is 14.8 Å². The van der Waals surface area contributed by atoms with E-state index in [0.717, 1.165) is 0 Å². The molecule has 0 saturated heterocycles. The van der Waals surface area contributed by atoms with Crippen LogP contribution in [-0.4, -0.2) is 30.5 Å². The highest BCUT2D eigenvalue weighted by molar-refractivity contribution is 6.43. The van der Waals surface area contributed by atoms with Crippen molar-refractivity contribution in [2.75, 3.05) is 13.2 Å². The van der Waals surface area contributed by atoms with Crippen molar-refractivity contribution in [3.8, 4) is 0 Å². The molecule has 0 heterocycles. The van der Waals surface area contributed by atoms with Crippen molar-refractivity contribution in [1.29, 1.82) is 0 Å². The van der Waals surface area contributed by atoms with Gasteiger partial charge in [0.1, 0.15) is 0 Å². The summed E-state index contributed by atoms with van der Waals surface area (Å²) in [6.07, 6.45) is 2.59. The number of hydrogen-bond donors (Lipinski definition) is 2. The van der Waals surface area contributed by atoms with E-state index in [1.807, 2.05) is 0 Å². The van der Waals surface area contributed by atoms with Crippen molar-refractivity contribution in [1.82, 2.24) is 0 Å². The summed E-state index contributed by atoms with van der Waals surface area (Å²) >= 11 is 0. The topological polar surface area (TPSA) is 49.7 Å². The van der Waals surface area contributed by atoms with Gasteiger partial charge < -0.3 is 14.8 Å². The van der Waals surface area contributed by atoms with Gasteiger partial charge in [0.15, 0.2) is 0 Å². The largest absolute Gasteiger partial charge is 0.458 e. The first-order valence-electron chi connectivity index (χ1n) is 3.32. The zero-order chi connectivity index (χ0) is 7.82. The van der Waals surface area contributed by atoms with Gasteiger partial charge in [-0.25, -0.2) is 0 Å². The van der Waals surface area contributed by atoms with Crippen molar-refractivity contribution in [3.63, 3.8) is 0 Å². The molecule has 0 aliphatic heterocycles. The fourth-order valence-electron chi connectivity index (χ4n) is 0.495. The zero-order valence-corrected chi connectivity index (χ0v) is 5.99. The Kier molecular flexibility index (Phi) is 6.59. The molecule has 0 aliphatic carbocycles. The Morgan fingerprint density at radius 1 is 1.60 bits per heavy atom. The molecule has 0 spiro atoms. The van der Waals surface area contributed by atoms with Crippen LogP contribution in [-0.2, 0) is 4.65 Å². The molecule has 0 atom stereocenters. The second-order valence-corrected chi connectivity index (χ2v) is 1.93. The zero-order valence-electron chi connectivity index (χ0n) is 5.99. The summed E-state index contributed by atoms with van der Waals surface area (Å²) in [4.78, 5) is 0. The molecule has 0 unspecified atom stereocenters. The summed E-state index contributed by atoms with van der Waals surface area (Å²) in [6, 6.07) is 0. The number of rotatable bonds is 6. The summed E-state index contributed by atoms with van der Waals surface area (Å²) in [5.74, 6) is 0. The molecule has 58 valence electrons. The summed E-state index contributed by atoms with van der Waals surface area (Å²) in [7, 11) is -0.760. The Bertz CT molecular complexity index is 87.1. The third kappa shape index (κ3) is 5.82. The predicted molar refractivity (Wildman–Crippen MR) is 40.6 cm³/mol. The highest BCUT2D eigenvalue weighted by atomic mass is 16.5. The van der Waals surface area contributed by atoms with Crippen molar-refractivity contribution in [2.24, 2.45) is 0 Å². The summed E-state index contributed by atoms with van der Waals surface area (Å²) in [6.45, 7) is 3.93. The van der Waals surface area contributed by atoms with Gasteiger partial charge in [0.05, 0.1) is 0 Å². The van der Waals surface area contributed by atoms with Crippen molar-refractivity contribution >= 4 is 7.12 Å². The van der Waals surface area contributed by atoms with Crippen molar-refractivity contribution in [3.05, 3.63) is 12.7 Å². The van der Waals surface area contributed by atoms with Crippen LogP contribution in [0.5, 0.6) is 0 Å². The van der Waals surface area contributed by atoms with E-state index in [2.05, 4.69) is 6.58 Å². The average molecular weight is 144 g/mol. The lowest BCUT2D eigenvalue weighted by Gasteiger charge is -2.03. The van der Waals surface area contributed by atoms with Crippen LogP contribution >= 0.6 is 0 Å². The molecule has 0 bridgehead atoms. The normalized spacial score (nSPS) is 9.40. The molecule has 0 amide bonds. The van der Waals surface area contributed by atoms with Gasteiger partial charge in [0.25, 0.3) is 0 Å². The van der Waals surface area contributed by atoms with Crippen LogP contribution in [0.1, 0.15) is 6.42 Å². The molecule has 0 rings (SSSR count). The van der Waals surface area contributed by atoms with Crippen LogP contribution in [0.3, 0.4) is 0 Å². The molecule has 0 aromatic carbocycles. The lowest BCUT2D eigenvalue weighted by atomic mass is 9.86. The number of allylic oxidation sites excluding steroid dienone is 1. The molecule has 0 saturated carbocycles. The Hall–Kier alpha value is -0.315. The van der Waals surface area contributed by atoms with Gasteiger partial charge in [0.2, 0.25) is 0 Å². The minimum Gasteiger partial charge on any atom is -0.427 e. The fraction of sp³-hybridized carbons (Fsp3) is 0.667. The van der Waals surface area contributed by atoms with Crippen molar-refractivity contribution in [2.45, 2.75) is 12.7 Å². The number of aliphatic hydroxyl groups excluding tert-OH is 1. The van der Waals surface area contributed by atoms with Crippen LogP contribution in [0, 0.1) is 0 Å². The molecule has 0 fully saturated rings. The van der Waals surface area contributed by atoms with E-state index in [-0.39, 0.29) is 6.61 Å². The molecular formula is C6H13BO3. The molecule has 0 aromatic rings. The molecule has 4 heteroatoms. The van der Waals surface area contributed by atoms with Crippen LogP contribution in [0.15, 0.2) is 12.7 Å². The molecule has 2 N–H and O–H groups in total. The standard InChI is InChI=1S/C6H13BO3/c1-2-4-7(9)10-6-3-5-8/h2,8-9H,1,3-6H2. The Morgan fingerprint density at radius 3 is 2.80 bits per heavy atom. The third-order valence-electron chi connectivity index (χ3n) is 0.981. The summed E-state index contributed by atoms with van der Waals surface area (Å²) < 4.78 is 4.85. The van der Waals surface area contributed by atoms with E-state index in [1.54, 1.807) is 6.08 Å². The monoisotopic (exact) mass is 144 g/mol. The van der Waals surface area contributed by atoms with Gasteiger partial charge in [-0.3, -0.25) is 0 Å². The first-order chi connectivity index (χ1) is 4.81. The smallest absolute Gasteiger partial charge is 0.427 e. The lowest BCUT2D eigenvalue weighted by molar-refractivity contribution is 0.211. The maximum absolute atomic E-state index is 8.90. The van der Waals surface area contributed by atoms with E-state index < -0.39 is 7.12 Å². The second kappa shape index (κ2) is 6.80. The lowest BCUT2D eigenvalue weighted by Crippen LogP contribution is -2.17. The first kappa shape index (κ1) is 9.68. The van der Waals surface area contributed by atoms with Gasteiger partial charge in [0, 0.05) is 13.2 Å². The minimum atomic E-state index is -0.760. The highest BCUT2D eigenvalue weighted by Gasteiger charge is 2.08. The SMILES string of the molecule is C=CCB(O)OCCCO. The van der Waals surface area contributed by atoms with Crippen LogP contribution < -0.4 is 0 Å². The summed E-state index contributed by atoms with van der Waals surface area (Å²) in [5.41, 5.74) is 0. The molecular weight excluding hydrogens is 131 g/mol. The van der Waals surface area contributed by atoms with Gasteiger partial charge in [-0.2, -0.15) is 0 Å². The second-order valence-electron chi connectivity index (χ2n) is 1.93. The maximum Gasteiger partial charge on any atom is 0.458 e. The predicted octanol–water partition coefficient (Wildman–Crippen LogP) is 0.0519. The van der Waals surface area contributed by atoms with Gasteiger partial charge >= 0.3 is 7.12 Å². The maximum atomic E-state index is 8.90. The molecule has 0 aromatic heterocycles. The van der Waals surface area contributed by atoms with Gasteiger partial charge in [-0.05, 0) is 12.7 Å². The Labute approximate surface area is 61.5 Å². The molecule has 0 aliphatic rings. The Balaban J connectivity index is 3.04. The van der Waals surface area contributed by atoms with Crippen LogP contribution in [0.2, 0.25) is 6.32 Å². The summed E-state index contributed by atoms with van der Waals surface area (Å²) in [5, 5.41) is 17.2. The van der Waals surface area contributed by atoms with Crippen LogP contribution in [0.4, 0.5) is 0 Å². The van der Waals surface area contributed by atoms with Crippen LogP contribution in [0.25, 0.3) is 0 Å². The third-order valence-corrected chi connectivity index (χ3v) is 0.981. The quantitative estimate of drug-likeness (QED) is 0.314. The molecule has 0 radical (unpaired) electrons. The fourth-order valence-corrected chi connectivity index (χ4v) is 0.495. The van der Waals surface area contributed by atoms with Gasteiger partial charge in [-0.15, -0.1) is 6.58 Å². The molecule has 3 nitrogen and oxygen atoms in total. The average Bonchev–Trinajstić information content (AvgIpc) is 1.89.